The third-order valence-corrected chi connectivity index (χ3v) is 4.43. The van der Waals surface area contributed by atoms with Crippen LogP contribution >= 0.6 is 0 Å². The number of aromatic amines is 1. The van der Waals surface area contributed by atoms with Crippen LogP contribution in [0.3, 0.4) is 0 Å². The number of benzene rings is 2. The maximum Gasteiger partial charge on any atom is 0.313 e. The first-order chi connectivity index (χ1) is 13.6. The van der Waals surface area contributed by atoms with E-state index in [-0.39, 0.29) is 31.4 Å². The number of H-pyrrole nitrogens is 1. The van der Waals surface area contributed by atoms with Crippen molar-refractivity contribution in [2.45, 2.75) is 6.42 Å². The van der Waals surface area contributed by atoms with E-state index in [4.69, 9.17) is 10.00 Å². The molecule has 0 radical (unpaired) electrons. The highest BCUT2D eigenvalue weighted by Crippen LogP contribution is 2.22. The Bertz CT molecular complexity index is 1120. The lowest BCUT2D eigenvalue weighted by Gasteiger charge is -2.13. The zero-order valence-corrected chi connectivity index (χ0v) is 14.6. The number of esters is 1. The minimum Gasteiger partial charge on any atom is -0.463 e. The molecule has 138 valence electrons. The molecule has 0 saturated carbocycles. The summed E-state index contributed by atoms with van der Waals surface area (Å²) in [5.74, 6) is -0.892. The molecule has 4 rings (SSSR count). The molecule has 8 heteroatoms. The largest absolute Gasteiger partial charge is 0.463 e. The van der Waals surface area contributed by atoms with Crippen LogP contribution in [-0.2, 0) is 16.0 Å². The second-order valence-electron chi connectivity index (χ2n) is 6.23. The van der Waals surface area contributed by atoms with E-state index in [9.17, 15) is 14.4 Å². The fourth-order valence-corrected chi connectivity index (χ4v) is 3.10. The molecular weight excluding hydrogens is 360 g/mol. The number of hydrogen-bond acceptors (Lipinski definition) is 6. The first-order valence-electron chi connectivity index (χ1n) is 8.56. The van der Waals surface area contributed by atoms with Gasteiger partial charge >= 0.3 is 5.97 Å². The molecule has 0 atom stereocenters. The van der Waals surface area contributed by atoms with Gasteiger partial charge in [-0.05, 0) is 30.3 Å². The minimum absolute atomic E-state index is 0.0102. The highest BCUT2D eigenvalue weighted by atomic mass is 16.5. The zero-order valence-electron chi connectivity index (χ0n) is 14.6. The zero-order chi connectivity index (χ0) is 19.7. The molecule has 0 aliphatic carbocycles. The Morgan fingerprint density at radius 2 is 1.86 bits per heavy atom. The molecular formula is C20H14N4O4. The molecule has 1 N–H and O–H groups in total. The Hall–Kier alpha value is -3.99. The molecule has 0 spiro atoms. The second kappa shape index (κ2) is 6.96. The minimum atomic E-state index is -0.531. The molecule has 0 bridgehead atoms. The van der Waals surface area contributed by atoms with Crippen LogP contribution in [0, 0.1) is 11.3 Å². The Kier molecular flexibility index (Phi) is 4.33. The predicted octanol–water partition coefficient (Wildman–Crippen LogP) is 1.82. The Labute approximate surface area is 159 Å². The molecule has 3 aromatic rings. The monoisotopic (exact) mass is 374 g/mol. The standard InChI is InChI=1S/C20H14N4O4/c21-11-12-5-6-15-16(9-12)23-17(22-15)10-18(25)28-8-7-24-19(26)13-3-1-2-4-14(13)20(24)27/h1-6,9H,7-8,10H2,(H,22,23). The summed E-state index contributed by atoms with van der Waals surface area (Å²) in [6, 6.07) is 13.6. The number of imidazole rings is 1. The summed E-state index contributed by atoms with van der Waals surface area (Å²) in [5.41, 5.74) is 2.52. The fraction of sp³-hybridized carbons (Fsp3) is 0.150. The van der Waals surface area contributed by atoms with E-state index in [1.54, 1.807) is 42.5 Å². The van der Waals surface area contributed by atoms with Crippen LogP contribution in [0.15, 0.2) is 42.5 Å². The van der Waals surface area contributed by atoms with Crippen LogP contribution in [0.4, 0.5) is 0 Å². The van der Waals surface area contributed by atoms with Crippen LogP contribution in [0.2, 0.25) is 0 Å². The SMILES string of the molecule is N#Cc1ccc2nc(CC(=O)OCCN3C(=O)c4ccccc4C3=O)[nH]c2c1. The smallest absolute Gasteiger partial charge is 0.313 e. The number of nitrogens with one attached hydrogen (secondary N) is 1. The highest BCUT2D eigenvalue weighted by molar-refractivity contribution is 6.21. The highest BCUT2D eigenvalue weighted by Gasteiger charge is 2.34. The van der Waals surface area contributed by atoms with Crippen LogP contribution in [0.1, 0.15) is 32.1 Å². The summed E-state index contributed by atoms with van der Waals surface area (Å²) in [4.78, 5) is 44.9. The molecule has 2 amide bonds. The van der Waals surface area contributed by atoms with E-state index in [0.29, 0.717) is 33.5 Å². The van der Waals surface area contributed by atoms with Crippen molar-refractivity contribution in [1.29, 1.82) is 5.26 Å². The average molecular weight is 374 g/mol. The van der Waals surface area contributed by atoms with Crippen molar-refractivity contribution >= 4 is 28.8 Å². The molecule has 1 aromatic heterocycles. The van der Waals surface area contributed by atoms with Gasteiger partial charge in [-0.15, -0.1) is 0 Å². The van der Waals surface area contributed by atoms with E-state index in [2.05, 4.69) is 9.97 Å². The van der Waals surface area contributed by atoms with Gasteiger partial charge in [-0.2, -0.15) is 5.26 Å². The number of carbonyl (C=O) groups is 3. The van der Waals surface area contributed by atoms with Gasteiger partial charge < -0.3 is 9.72 Å². The Morgan fingerprint density at radius 3 is 2.54 bits per heavy atom. The number of rotatable bonds is 5. The summed E-state index contributed by atoms with van der Waals surface area (Å²) in [5, 5.41) is 8.92. The number of imide groups is 1. The van der Waals surface area contributed by atoms with E-state index in [0.717, 1.165) is 4.90 Å². The molecule has 0 unspecified atom stereocenters. The lowest BCUT2D eigenvalue weighted by Crippen LogP contribution is -2.33. The van der Waals surface area contributed by atoms with Gasteiger partial charge in [0.2, 0.25) is 0 Å². The number of aromatic nitrogens is 2. The van der Waals surface area contributed by atoms with Gasteiger partial charge in [0, 0.05) is 0 Å². The quantitative estimate of drug-likeness (QED) is 0.538. The third-order valence-electron chi connectivity index (χ3n) is 4.43. The van der Waals surface area contributed by atoms with Crippen LogP contribution in [0.5, 0.6) is 0 Å². The second-order valence-corrected chi connectivity index (χ2v) is 6.23. The molecule has 2 heterocycles. The molecule has 8 nitrogen and oxygen atoms in total. The molecule has 2 aromatic carbocycles. The van der Waals surface area contributed by atoms with Gasteiger partial charge in [0.25, 0.3) is 11.8 Å². The maximum absolute atomic E-state index is 12.3. The summed E-state index contributed by atoms with van der Waals surface area (Å²) >= 11 is 0. The molecule has 0 saturated heterocycles. The molecule has 1 aliphatic rings. The fourth-order valence-electron chi connectivity index (χ4n) is 3.10. The van der Waals surface area contributed by atoms with Crippen molar-refractivity contribution in [3.63, 3.8) is 0 Å². The molecule has 0 fully saturated rings. The van der Waals surface area contributed by atoms with Gasteiger partial charge in [0.15, 0.2) is 0 Å². The summed E-state index contributed by atoms with van der Waals surface area (Å²) < 4.78 is 5.15. The summed E-state index contributed by atoms with van der Waals surface area (Å²) in [6.45, 7) is -0.104. The summed E-state index contributed by atoms with van der Waals surface area (Å²) in [6.07, 6.45) is -0.0846. The normalized spacial score (nSPS) is 12.9. The number of nitrogens with zero attached hydrogens (tertiary/aromatic N) is 3. The summed E-state index contributed by atoms with van der Waals surface area (Å²) in [7, 11) is 0. The van der Waals surface area contributed by atoms with Crippen molar-refractivity contribution in [2.75, 3.05) is 13.2 Å². The van der Waals surface area contributed by atoms with E-state index >= 15 is 0 Å². The Balaban J connectivity index is 1.34. The number of amides is 2. The third kappa shape index (κ3) is 3.10. The average Bonchev–Trinajstić information content (AvgIpc) is 3.21. The topological polar surface area (TPSA) is 116 Å². The first kappa shape index (κ1) is 17.4. The number of hydrogen-bond donors (Lipinski definition) is 1. The molecule has 28 heavy (non-hydrogen) atoms. The van der Waals surface area contributed by atoms with Gasteiger partial charge in [0.1, 0.15) is 18.9 Å². The van der Waals surface area contributed by atoms with Crippen molar-refractivity contribution in [3.05, 3.63) is 65.0 Å². The van der Waals surface area contributed by atoms with Crippen molar-refractivity contribution < 1.29 is 19.1 Å². The van der Waals surface area contributed by atoms with Crippen molar-refractivity contribution in [1.82, 2.24) is 14.9 Å². The maximum atomic E-state index is 12.3. The van der Waals surface area contributed by atoms with Gasteiger partial charge in [-0.25, -0.2) is 4.98 Å². The molecule has 1 aliphatic heterocycles. The van der Waals surface area contributed by atoms with Gasteiger partial charge in [-0.1, -0.05) is 12.1 Å². The van der Waals surface area contributed by atoms with Crippen LogP contribution in [0.25, 0.3) is 11.0 Å². The number of carbonyl (C=O) groups excluding carboxylic acids is 3. The van der Waals surface area contributed by atoms with E-state index < -0.39 is 5.97 Å². The predicted molar refractivity (Wildman–Crippen MR) is 97.3 cm³/mol. The van der Waals surface area contributed by atoms with Crippen molar-refractivity contribution in [2.24, 2.45) is 0 Å². The number of fused-ring (bicyclic) bond motifs is 2. The van der Waals surface area contributed by atoms with Crippen LogP contribution < -0.4 is 0 Å². The first-order valence-corrected chi connectivity index (χ1v) is 8.56. The van der Waals surface area contributed by atoms with Crippen LogP contribution in [-0.4, -0.2) is 45.8 Å². The lowest BCUT2D eigenvalue weighted by atomic mass is 10.1. The number of nitriles is 1. The van der Waals surface area contributed by atoms with Gasteiger partial charge in [-0.3, -0.25) is 19.3 Å². The number of ether oxygens (including phenoxy) is 1. The van der Waals surface area contributed by atoms with E-state index in [1.807, 2.05) is 6.07 Å². The lowest BCUT2D eigenvalue weighted by molar-refractivity contribution is -0.143. The van der Waals surface area contributed by atoms with Crippen molar-refractivity contribution in [3.8, 4) is 6.07 Å². The Morgan fingerprint density at radius 1 is 1.14 bits per heavy atom. The van der Waals surface area contributed by atoms with Gasteiger partial charge in [0.05, 0.1) is 40.3 Å². The van der Waals surface area contributed by atoms with E-state index in [1.165, 1.54) is 0 Å².